The van der Waals surface area contributed by atoms with Gasteiger partial charge in [0.2, 0.25) is 0 Å². The van der Waals surface area contributed by atoms with Gasteiger partial charge >= 0.3 is 12.1 Å². The van der Waals surface area contributed by atoms with E-state index in [9.17, 15) is 19.8 Å². The molecule has 2 rings (SSSR count). The lowest BCUT2D eigenvalue weighted by Crippen LogP contribution is -2.34. The maximum atomic E-state index is 11.9. The van der Waals surface area contributed by atoms with Crippen LogP contribution in [0.5, 0.6) is 5.75 Å². The Labute approximate surface area is 139 Å². The first-order valence-corrected chi connectivity index (χ1v) is 7.38. The topological polar surface area (TPSA) is 95.9 Å². The van der Waals surface area contributed by atoms with Crippen LogP contribution in [0.3, 0.4) is 0 Å². The largest absolute Gasteiger partial charge is 0.507 e. The number of hydrogen-bond acceptors (Lipinski definition) is 4. The third-order valence-corrected chi connectivity index (χ3v) is 3.57. The van der Waals surface area contributed by atoms with E-state index in [-0.39, 0.29) is 12.4 Å². The normalized spacial score (nSPS) is 11.6. The highest BCUT2D eigenvalue weighted by Crippen LogP contribution is 2.26. The molecule has 0 heterocycles. The first-order chi connectivity index (χ1) is 11.4. The van der Waals surface area contributed by atoms with Gasteiger partial charge in [0.05, 0.1) is 0 Å². The number of carboxylic acid groups (broad SMARTS) is 1. The molecule has 0 aromatic heterocycles. The molecule has 1 atom stereocenters. The van der Waals surface area contributed by atoms with E-state index in [2.05, 4.69) is 5.32 Å². The molecule has 6 nitrogen and oxygen atoms in total. The van der Waals surface area contributed by atoms with Gasteiger partial charge in [-0.05, 0) is 48.2 Å². The number of alkyl carbamates (subject to hydrolysis) is 1. The van der Waals surface area contributed by atoms with Crippen LogP contribution < -0.4 is 5.32 Å². The Hall–Kier alpha value is -3.02. The van der Waals surface area contributed by atoms with Crippen molar-refractivity contribution in [3.63, 3.8) is 0 Å². The summed E-state index contributed by atoms with van der Waals surface area (Å²) in [5, 5.41) is 21.5. The smallest absolute Gasteiger partial charge is 0.408 e. The number of hydrogen-bond donors (Lipinski definition) is 3. The van der Waals surface area contributed by atoms with Gasteiger partial charge in [0.15, 0.2) is 6.04 Å². The molecule has 0 bridgehead atoms. The Bertz CT molecular complexity index is 719. The lowest BCUT2D eigenvalue weighted by molar-refractivity contribution is -0.139. The molecule has 24 heavy (non-hydrogen) atoms. The molecule has 2 aromatic rings. The Morgan fingerprint density at radius 2 is 1.71 bits per heavy atom. The number of rotatable bonds is 5. The van der Waals surface area contributed by atoms with Crippen molar-refractivity contribution in [2.75, 3.05) is 0 Å². The van der Waals surface area contributed by atoms with E-state index in [0.29, 0.717) is 16.7 Å². The average Bonchev–Trinajstić information content (AvgIpc) is 2.56. The summed E-state index contributed by atoms with van der Waals surface area (Å²) in [6.07, 6.45) is -0.824. The van der Waals surface area contributed by atoms with Crippen molar-refractivity contribution in [2.45, 2.75) is 26.5 Å². The van der Waals surface area contributed by atoms with Crippen LogP contribution in [-0.4, -0.2) is 22.3 Å². The zero-order chi connectivity index (χ0) is 17.7. The Morgan fingerprint density at radius 3 is 2.25 bits per heavy atom. The Kier molecular flexibility index (Phi) is 5.42. The monoisotopic (exact) mass is 329 g/mol. The number of aryl methyl sites for hydroxylation is 2. The SMILES string of the molecule is Cc1cc(C(NC(=O)OCc2ccccc2)C(=O)O)cc(C)c1O. The lowest BCUT2D eigenvalue weighted by atomic mass is 10.0. The lowest BCUT2D eigenvalue weighted by Gasteiger charge is -2.17. The van der Waals surface area contributed by atoms with Gasteiger partial charge in [0.1, 0.15) is 12.4 Å². The zero-order valence-electron chi connectivity index (χ0n) is 13.4. The molecule has 6 heteroatoms. The van der Waals surface area contributed by atoms with E-state index in [1.54, 1.807) is 26.0 Å². The third-order valence-electron chi connectivity index (χ3n) is 3.57. The van der Waals surface area contributed by atoms with Crippen molar-refractivity contribution in [1.82, 2.24) is 5.32 Å². The molecule has 0 fully saturated rings. The number of nitrogens with one attached hydrogen (secondary N) is 1. The molecule has 0 saturated heterocycles. The molecule has 0 aliphatic carbocycles. The first-order valence-electron chi connectivity index (χ1n) is 7.38. The van der Waals surface area contributed by atoms with Crippen molar-refractivity contribution in [2.24, 2.45) is 0 Å². The van der Waals surface area contributed by atoms with Crippen LogP contribution in [0.1, 0.15) is 28.3 Å². The fraction of sp³-hybridized carbons (Fsp3) is 0.222. The third kappa shape index (κ3) is 4.25. The van der Waals surface area contributed by atoms with Gasteiger partial charge in [0, 0.05) is 0 Å². The summed E-state index contributed by atoms with van der Waals surface area (Å²) in [5.74, 6) is -1.11. The van der Waals surface area contributed by atoms with Gasteiger partial charge in [-0.3, -0.25) is 0 Å². The van der Waals surface area contributed by atoms with Gasteiger partial charge in [-0.25, -0.2) is 9.59 Å². The minimum atomic E-state index is -1.26. The summed E-state index contributed by atoms with van der Waals surface area (Å²) in [6, 6.07) is 10.9. The molecule has 0 aliphatic heterocycles. The van der Waals surface area contributed by atoms with Crippen LogP contribution in [0.25, 0.3) is 0 Å². The predicted octanol–water partition coefficient (Wildman–Crippen LogP) is 3.06. The van der Waals surface area contributed by atoms with Gasteiger partial charge in [-0.1, -0.05) is 30.3 Å². The number of carbonyl (C=O) groups excluding carboxylic acids is 1. The first kappa shape index (κ1) is 17.3. The average molecular weight is 329 g/mol. The van der Waals surface area contributed by atoms with Crippen molar-refractivity contribution in [3.05, 3.63) is 64.7 Å². The number of aliphatic carboxylic acids is 1. The number of amides is 1. The summed E-state index contributed by atoms with van der Waals surface area (Å²) in [5.41, 5.74) is 2.24. The number of carboxylic acids is 1. The highest BCUT2D eigenvalue weighted by molar-refractivity contribution is 5.81. The number of aromatic hydroxyl groups is 1. The van der Waals surface area contributed by atoms with Crippen molar-refractivity contribution in [1.29, 1.82) is 0 Å². The van der Waals surface area contributed by atoms with Crippen LogP contribution >= 0.6 is 0 Å². The summed E-state index contributed by atoms with van der Waals surface area (Å²) >= 11 is 0. The van der Waals surface area contributed by atoms with E-state index in [1.807, 2.05) is 18.2 Å². The Morgan fingerprint density at radius 1 is 1.12 bits per heavy atom. The minimum Gasteiger partial charge on any atom is -0.507 e. The van der Waals surface area contributed by atoms with Crippen molar-refractivity contribution in [3.8, 4) is 5.75 Å². The quantitative estimate of drug-likeness (QED) is 0.783. The van der Waals surface area contributed by atoms with E-state index in [1.165, 1.54) is 12.1 Å². The van der Waals surface area contributed by atoms with Crippen LogP contribution in [-0.2, 0) is 16.1 Å². The fourth-order valence-corrected chi connectivity index (χ4v) is 2.33. The zero-order valence-corrected chi connectivity index (χ0v) is 13.4. The van der Waals surface area contributed by atoms with Gasteiger partial charge in [-0.15, -0.1) is 0 Å². The molecule has 0 spiro atoms. The molecular weight excluding hydrogens is 310 g/mol. The minimum absolute atomic E-state index is 0.0483. The predicted molar refractivity (Wildman–Crippen MR) is 87.7 cm³/mol. The molecule has 2 aromatic carbocycles. The van der Waals surface area contributed by atoms with Crippen LogP contribution in [0.2, 0.25) is 0 Å². The second-order valence-corrected chi connectivity index (χ2v) is 5.48. The van der Waals surface area contributed by atoms with Crippen LogP contribution in [0.4, 0.5) is 4.79 Å². The van der Waals surface area contributed by atoms with Crippen LogP contribution in [0.15, 0.2) is 42.5 Å². The molecule has 1 unspecified atom stereocenters. The maximum Gasteiger partial charge on any atom is 0.408 e. The summed E-state index contributed by atoms with van der Waals surface area (Å²) in [7, 11) is 0. The molecule has 0 radical (unpaired) electrons. The Balaban J connectivity index is 2.08. The van der Waals surface area contributed by atoms with E-state index < -0.39 is 18.1 Å². The number of ether oxygens (including phenoxy) is 1. The van der Waals surface area contributed by atoms with Crippen molar-refractivity contribution >= 4 is 12.1 Å². The molecule has 0 saturated carbocycles. The molecule has 126 valence electrons. The number of phenolic OH excluding ortho intramolecular Hbond substituents is 1. The molecule has 1 amide bonds. The van der Waals surface area contributed by atoms with E-state index in [0.717, 1.165) is 5.56 Å². The van der Waals surface area contributed by atoms with Crippen molar-refractivity contribution < 1.29 is 24.5 Å². The highest BCUT2D eigenvalue weighted by Gasteiger charge is 2.24. The maximum absolute atomic E-state index is 11.9. The van der Waals surface area contributed by atoms with E-state index in [4.69, 9.17) is 4.74 Å². The van der Waals surface area contributed by atoms with Gasteiger partial charge < -0.3 is 20.3 Å². The van der Waals surface area contributed by atoms with Gasteiger partial charge in [0.25, 0.3) is 0 Å². The second-order valence-electron chi connectivity index (χ2n) is 5.48. The second kappa shape index (κ2) is 7.50. The van der Waals surface area contributed by atoms with E-state index >= 15 is 0 Å². The van der Waals surface area contributed by atoms with Crippen LogP contribution in [0, 0.1) is 13.8 Å². The number of benzene rings is 2. The summed E-state index contributed by atoms with van der Waals surface area (Å²) < 4.78 is 5.05. The van der Waals surface area contributed by atoms with Gasteiger partial charge in [-0.2, -0.15) is 0 Å². The molecule has 0 aliphatic rings. The number of phenols is 1. The highest BCUT2D eigenvalue weighted by atomic mass is 16.5. The summed E-state index contributed by atoms with van der Waals surface area (Å²) in [6.45, 7) is 3.38. The number of carbonyl (C=O) groups is 2. The fourth-order valence-electron chi connectivity index (χ4n) is 2.33. The standard InChI is InChI=1S/C18H19NO5/c1-11-8-14(9-12(2)16(11)20)15(17(21)22)19-18(23)24-10-13-6-4-3-5-7-13/h3-9,15,20H,10H2,1-2H3,(H,19,23)(H,21,22). The molecular formula is C18H19NO5. The summed E-state index contributed by atoms with van der Waals surface area (Å²) in [4.78, 5) is 23.4. The molecule has 3 N–H and O–H groups in total.